The Balaban J connectivity index is 2.36. The van der Waals surface area contributed by atoms with Crippen molar-refractivity contribution in [1.29, 1.82) is 0 Å². The van der Waals surface area contributed by atoms with Crippen LogP contribution < -0.4 is 5.73 Å². The summed E-state index contributed by atoms with van der Waals surface area (Å²) in [6.45, 7) is 4.05. The molecule has 1 aromatic carbocycles. The fourth-order valence-electron chi connectivity index (χ4n) is 1.39. The van der Waals surface area contributed by atoms with E-state index < -0.39 is 0 Å². The Morgan fingerprint density at radius 3 is 2.71 bits per heavy atom. The Morgan fingerprint density at radius 2 is 2.07 bits per heavy atom. The van der Waals surface area contributed by atoms with Crippen molar-refractivity contribution in [3.05, 3.63) is 29.3 Å². The maximum absolute atomic E-state index is 5.96. The molecule has 14 heavy (non-hydrogen) atoms. The molecule has 3 heteroatoms. The summed E-state index contributed by atoms with van der Waals surface area (Å²) in [5.41, 5.74) is 6.86. The van der Waals surface area contributed by atoms with Gasteiger partial charge in [-0.1, -0.05) is 12.1 Å². The van der Waals surface area contributed by atoms with Gasteiger partial charge in [0.1, 0.15) is 0 Å². The zero-order chi connectivity index (χ0) is 10.2. The quantitative estimate of drug-likeness (QED) is 0.820. The van der Waals surface area contributed by atoms with Gasteiger partial charge >= 0.3 is 0 Å². The van der Waals surface area contributed by atoms with E-state index in [4.69, 9.17) is 5.73 Å². The summed E-state index contributed by atoms with van der Waals surface area (Å²) in [4.78, 5) is 4.54. The number of fused-ring (bicyclic) bond motifs is 1. The van der Waals surface area contributed by atoms with Crippen molar-refractivity contribution >= 4 is 21.6 Å². The number of nitrogens with two attached hydrogens (primary N) is 1. The molecule has 2 nitrogen and oxygen atoms in total. The number of hydrogen-bond donors (Lipinski definition) is 1. The van der Waals surface area contributed by atoms with Gasteiger partial charge < -0.3 is 5.73 Å². The maximum Gasteiger partial charge on any atom is 0.0956 e. The number of rotatable bonds is 2. The van der Waals surface area contributed by atoms with Crippen LogP contribution in [0.15, 0.2) is 24.3 Å². The monoisotopic (exact) mass is 206 g/mol. The second kappa shape index (κ2) is 3.33. The molecule has 0 aliphatic heterocycles. The van der Waals surface area contributed by atoms with Crippen LogP contribution in [0.1, 0.15) is 18.9 Å². The third-order valence-corrected chi connectivity index (χ3v) is 2.98. The Labute approximate surface area is 87.8 Å². The third kappa shape index (κ3) is 2.11. The average Bonchev–Trinajstić information content (AvgIpc) is 2.42. The first-order chi connectivity index (χ1) is 6.54. The summed E-state index contributed by atoms with van der Waals surface area (Å²) in [7, 11) is 0. The first kappa shape index (κ1) is 9.62. The first-order valence-electron chi connectivity index (χ1n) is 4.68. The van der Waals surface area contributed by atoms with Gasteiger partial charge in [0.15, 0.2) is 0 Å². The molecule has 0 fully saturated rings. The van der Waals surface area contributed by atoms with E-state index in [1.807, 2.05) is 32.0 Å². The summed E-state index contributed by atoms with van der Waals surface area (Å²) >= 11 is 1.73. The molecule has 0 atom stereocenters. The molecule has 2 rings (SSSR count). The smallest absolute Gasteiger partial charge is 0.0956 e. The SMILES string of the molecule is CC(C)(N)Cc1nc2ccccc2s1. The van der Waals surface area contributed by atoms with Crippen LogP contribution in [0.2, 0.25) is 0 Å². The van der Waals surface area contributed by atoms with Crippen LogP contribution in [0, 0.1) is 0 Å². The zero-order valence-electron chi connectivity index (χ0n) is 8.45. The molecule has 1 aromatic heterocycles. The lowest BCUT2D eigenvalue weighted by Crippen LogP contribution is -2.34. The molecule has 0 aliphatic carbocycles. The van der Waals surface area contributed by atoms with Crippen molar-refractivity contribution in [2.24, 2.45) is 5.73 Å². The average molecular weight is 206 g/mol. The normalized spacial score (nSPS) is 12.2. The van der Waals surface area contributed by atoms with E-state index in [2.05, 4.69) is 11.1 Å². The van der Waals surface area contributed by atoms with Crippen LogP contribution in [0.3, 0.4) is 0 Å². The summed E-state index contributed by atoms with van der Waals surface area (Å²) < 4.78 is 1.24. The number of para-hydroxylation sites is 1. The maximum atomic E-state index is 5.96. The Bertz CT molecular complexity index is 407. The fourth-order valence-corrected chi connectivity index (χ4v) is 2.59. The lowest BCUT2D eigenvalue weighted by atomic mass is 10.0. The lowest BCUT2D eigenvalue weighted by molar-refractivity contribution is 0.516. The highest BCUT2D eigenvalue weighted by atomic mass is 32.1. The van der Waals surface area contributed by atoms with Gasteiger partial charge in [0.05, 0.1) is 15.2 Å². The van der Waals surface area contributed by atoms with Crippen molar-refractivity contribution in [3.63, 3.8) is 0 Å². The number of nitrogens with zero attached hydrogens (tertiary/aromatic N) is 1. The lowest BCUT2D eigenvalue weighted by Gasteiger charge is -2.15. The van der Waals surface area contributed by atoms with E-state index >= 15 is 0 Å². The molecule has 0 radical (unpaired) electrons. The molecule has 0 aliphatic rings. The predicted octanol–water partition coefficient (Wildman–Crippen LogP) is 2.58. The van der Waals surface area contributed by atoms with Gasteiger partial charge in [-0.2, -0.15) is 0 Å². The van der Waals surface area contributed by atoms with E-state index in [1.165, 1.54) is 4.70 Å². The van der Waals surface area contributed by atoms with Crippen molar-refractivity contribution in [1.82, 2.24) is 4.98 Å². The van der Waals surface area contributed by atoms with Gasteiger partial charge in [-0.05, 0) is 26.0 Å². The van der Waals surface area contributed by atoms with Gasteiger partial charge in [0.25, 0.3) is 0 Å². The number of hydrogen-bond acceptors (Lipinski definition) is 3. The molecule has 0 unspecified atom stereocenters. The van der Waals surface area contributed by atoms with Gasteiger partial charge in [-0.25, -0.2) is 4.98 Å². The van der Waals surface area contributed by atoms with Crippen molar-refractivity contribution in [3.8, 4) is 0 Å². The number of thiazole rings is 1. The van der Waals surface area contributed by atoms with Crippen molar-refractivity contribution < 1.29 is 0 Å². The molecule has 74 valence electrons. The molecule has 0 saturated heterocycles. The largest absolute Gasteiger partial charge is 0.325 e. The van der Waals surface area contributed by atoms with Crippen molar-refractivity contribution in [2.45, 2.75) is 25.8 Å². The molecule has 2 N–H and O–H groups in total. The molecule has 0 amide bonds. The van der Waals surface area contributed by atoms with E-state index in [0.717, 1.165) is 16.9 Å². The van der Waals surface area contributed by atoms with E-state index in [1.54, 1.807) is 11.3 Å². The highest BCUT2D eigenvalue weighted by Gasteiger charge is 2.14. The molecule has 0 saturated carbocycles. The molecule has 2 aromatic rings. The minimum absolute atomic E-state index is 0.173. The Hall–Kier alpha value is -0.930. The summed E-state index contributed by atoms with van der Waals surface area (Å²) in [5, 5.41) is 1.12. The minimum atomic E-state index is -0.173. The van der Waals surface area contributed by atoms with Crippen LogP contribution in [-0.2, 0) is 6.42 Å². The van der Waals surface area contributed by atoms with Gasteiger partial charge in [0.2, 0.25) is 0 Å². The Morgan fingerprint density at radius 1 is 1.36 bits per heavy atom. The minimum Gasteiger partial charge on any atom is -0.325 e. The molecule has 1 heterocycles. The van der Waals surface area contributed by atoms with Gasteiger partial charge in [-0.15, -0.1) is 11.3 Å². The van der Waals surface area contributed by atoms with Crippen LogP contribution in [-0.4, -0.2) is 10.5 Å². The molecular weight excluding hydrogens is 192 g/mol. The highest BCUT2D eigenvalue weighted by Crippen LogP contribution is 2.23. The van der Waals surface area contributed by atoms with E-state index in [0.29, 0.717) is 0 Å². The summed E-state index contributed by atoms with van der Waals surface area (Å²) in [6.07, 6.45) is 0.840. The predicted molar refractivity (Wildman–Crippen MR) is 61.6 cm³/mol. The summed E-state index contributed by atoms with van der Waals surface area (Å²) in [6, 6.07) is 8.19. The number of benzene rings is 1. The molecule has 0 bridgehead atoms. The number of aromatic nitrogens is 1. The summed E-state index contributed by atoms with van der Waals surface area (Å²) in [5.74, 6) is 0. The highest BCUT2D eigenvalue weighted by molar-refractivity contribution is 7.18. The second-order valence-electron chi connectivity index (χ2n) is 4.24. The van der Waals surface area contributed by atoms with Crippen molar-refractivity contribution in [2.75, 3.05) is 0 Å². The van der Waals surface area contributed by atoms with Crippen LogP contribution in [0.4, 0.5) is 0 Å². The Kier molecular flexibility index (Phi) is 2.29. The molecular formula is C11H14N2S. The fraction of sp³-hybridized carbons (Fsp3) is 0.364. The second-order valence-corrected chi connectivity index (χ2v) is 5.36. The van der Waals surface area contributed by atoms with E-state index in [9.17, 15) is 0 Å². The van der Waals surface area contributed by atoms with E-state index in [-0.39, 0.29) is 5.54 Å². The zero-order valence-corrected chi connectivity index (χ0v) is 9.27. The third-order valence-electron chi connectivity index (χ3n) is 1.95. The van der Waals surface area contributed by atoms with Crippen LogP contribution in [0.25, 0.3) is 10.2 Å². The topological polar surface area (TPSA) is 38.9 Å². The van der Waals surface area contributed by atoms with Crippen LogP contribution in [0.5, 0.6) is 0 Å². The molecule has 0 spiro atoms. The van der Waals surface area contributed by atoms with Gasteiger partial charge in [0, 0.05) is 12.0 Å². The first-order valence-corrected chi connectivity index (χ1v) is 5.50. The van der Waals surface area contributed by atoms with Crippen LogP contribution >= 0.6 is 11.3 Å². The van der Waals surface area contributed by atoms with Gasteiger partial charge in [-0.3, -0.25) is 0 Å². The standard InChI is InChI=1S/C11H14N2S/c1-11(2,12)7-10-13-8-5-3-4-6-9(8)14-10/h3-6H,7,12H2,1-2H3.